The lowest BCUT2D eigenvalue weighted by atomic mass is 10.1. The molecule has 1 amide bonds. The molecule has 6 nitrogen and oxygen atoms in total. The minimum Gasteiger partial charge on any atom is -0.464 e. The Bertz CT molecular complexity index is 869. The predicted octanol–water partition coefficient (Wildman–Crippen LogP) is 2.60. The van der Waals surface area contributed by atoms with Crippen LogP contribution in [0.25, 0.3) is 0 Å². The summed E-state index contributed by atoms with van der Waals surface area (Å²) in [4.78, 5) is 12.6. The Morgan fingerprint density at radius 3 is 2.38 bits per heavy atom. The summed E-state index contributed by atoms with van der Waals surface area (Å²) in [5.74, 6) is 1.06. The van der Waals surface area contributed by atoms with Crippen molar-refractivity contribution in [3.8, 4) is 0 Å². The van der Waals surface area contributed by atoms with E-state index in [2.05, 4.69) is 10.0 Å². The number of carbonyl (C=O) groups excluding carboxylic acids is 1. The third-order valence-electron chi connectivity index (χ3n) is 3.98. The number of benzene rings is 1. The van der Waals surface area contributed by atoms with E-state index >= 15 is 0 Å². The normalized spacial score (nSPS) is 12.9. The molecule has 0 saturated heterocycles. The molecule has 0 radical (unpaired) electrons. The van der Waals surface area contributed by atoms with Crippen LogP contribution in [0.4, 0.5) is 0 Å². The molecule has 0 bridgehead atoms. The van der Waals surface area contributed by atoms with Gasteiger partial charge in [-0.1, -0.05) is 0 Å². The van der Waals surface area contributed by atoms with Gasteiger partial charge in [-0.2, -0.15) is 0 Å². The number of sulfonamides is 1. The molecular formula is C17H22N2O4S. The Balaban J connectivity index is 2.33. The van der Waals surface area contributed by atoms with Gasteiger partial charge in [-0.3, -0.25) is 4.79 Å². The molecule has 130 valence electrons. The molecule has 1 aromatic heterocycles. The van der Waals surface area contributed by atoms with Gasteiger partial charge < -0.3 is 9.73 Å². The number of aryl methyl sites for hydroxylation is 2. The number of rotatable bonds is 5. The van der Waals surface area contributed by atoms with Gasteiger partial charge in [0.05, 0.1) is 10.9 Å². The van der Waals surface area contributed by atoms with Crippen molar-refractivity contribution in [3.63, 3.8) is 0 Å². The molecule has 2 aromatic rings. The Morgan fingerprint density at radius 1 is 1.17 bits per heavy atom. The highest BCUT2D eigenvalue weighted by molar-refractivity contribution is 7.89. The molecule has 0 saturated carbocycles. The molecule has 1 heterocycles. The van der Waals surface area contributed by atoms with E-state index in [0.29, 0.717) is 16.9 Å². The maximum Gasteiger partial charge on any atom is 0.251 e. The maximum absolute atomic E-state index is 12.5. The van der Waals surface area contributed by atoms with Crippen molar-refractivity contribution < 1.29 is 17.6 Å². The van der Waals surface area contributed by atoms with E-state index in [1.54, 1.807) is 26.0 Å². The maximum atomic E-state index is 12.5. The number of furan rings is 1. The van der Waals surface area contributed by atoms with Crippen molar-refractivity contribution >= 4 is 15.9 Å². The van der Waals surface area contributed by atoms with E-state index in [9.17, 15) is 13.2 Å². The van der Waals surface area contributed by atoms with Gasteiger partial charge in [0.25, 0.3) is 5.91 Å². The molecule has 7 heteroatoms. The van der Waals surface area contributed by atoms with Crippen LogP contribution in [0.2, 0.25) is 0 Å². The van der Waals surface area contributed by atoms with Crippen molar-refractivity contribution in [2.75, 3.05) is 7.05 Å². The lowest BCUT2D eigenvalue weighted by Gasteiger charge is -2.15. The van der Waals surface area contributed by atoms with Crippen molar-refractivity contribution in [3.05, 3.63) is 52.5 Å². The summed E-state index contributed by atoms with van der Waals surface area (Å²) in [6, 6.07) is 6.38. The summed E-state index contributed by atoms with van der Waals surface area (Å²) >= 11 is 0. The molecule has 0 spiro atoms. The Labute approximate surface area is 142 Å². The third kappa shape index (κ3) is 3.68. The number of nitrogens with one attached hydrogen (secondary N) is 2. The average molecular weight is 350 g/mol. The molecule has 0 unspecified atom stereocenters. The first-order valence-corrected chi connectivity index (χ1v) is 9.06. The van der Waals surface area contributed by atoms with Crippen molar-refractivity contribution in [1.82, 2.24) is 10.0 Å². The monoisotopic (exact) mass is 350 g/mol. The molecule has 24 heavy (non-hydrogen) atoms. The molecule has 2 N–H and O–H groups in total. The third-order valence-corrected chi connectivity index (χ3v) is 5.52. The summed E-state index contributed by atoms with van der Waals surface area (Å²) in [7, 11) is -2.29. The van der Waals surface area contributed by atoms with Gasteiger partial charge in [0.1, 0.15) is 11.5 Å². The molecule has 0 aliphatic carbocycles. The van der Waals surface area contributed by atoms with Crippen LogP contribution in [0.15, 0.2) is 33.6 Å². The van der Waals surface area contributed by atoms with Crippen LogP contribution >= 0.6 is 0 Å². The summed E-state index contributed by atoms with van der Waals surface area (Å²) in [6.45, 7) is 7.13. The Hall–Kier alpha value is -2.12. The first-order valence-electron chi connectivity index (χ1n) is 7.57. The highest BCUT2D eigenvalue weighted by atomic mass is 32.2. The number of hydrogen-bond acceptors (Lipinski definition) is 4. The van der Waals surface area contributed by atoms with Crippen molar-refractivity contribution in [1.29, 1.82) is 0 Å². The fraction of sp³-hybridized carbons (Fsp3) is 0.353. The smallest absolute Gasteiger partial charge is 0.251 e. The lowest BCUT2D eigenvalue weighted by molar-refractivity contribution is 0.0935. The molecule has 0 aliphatic heterocycles. The van der Waals surface area contributed by atoms with Gasteiger partial charge in [0.15, 0.2) is 0 Å². The molecule has 1 aromatic carbocycles. The van der Waals surface area contributed by atoms with Gasteiger partial charge >= 0.3 is 0 Å². The Morgan fingerprint density at radius 2 is 1.83 bits per heavy atom. The van der Waals surface area contributed by atoms with Gasteiger partial charge in [-0.15, -0.1) is 0 Å². The fourth-order valence-corrected chi connectivity index (χ4v) is 3.45. The Kier molecular flexibility index (Phi) is 5.15. The minimum atomic E-state index is -3.63. The van der Waals surface area contributed by atoms with E-state index in [1.165, 1.54) is 13.1 Å². The lowest BCUT2D eigenvalue weighted by Crippen LogP contribution is -2.27. The average Bonchev–Trinajstić information content (AvgIpc) is 2.96. The molecular weight excluding hydrogens is 328 g/mol. The van der Waals surface area contributed by atoms with Crippen molar-refractivity contribution in [2.24, 2.45) is 0 Å². The van der Waals surface area contributed by atoms with Crippen molar-refractivity contribution in [2.45, 2.75) is 38.6 Å². The molecule has 0 fully saturated rings. The summed E-state index contributed by atoms with van der Waals surface area (Å²) < 4.78 is 32.1. The first-order chi connectivity index (χ1) is 11.2. The fourth-order valence-electron chi connectivity index (χ4n) is 2.38. The summed E-state index contributed by atoms with van der Waals surface area (Å²) in [6.07, 6.45) is 0. The topological polar surface area (TPSA) is 88.4 Å². The minimum absolute atomic E-state index is 0.108. The first kappa shape index (κ1) is 18.2. The molecule has 0 aliphatic rings. The second-order valence-electron chi connectivity index (χ2n) is 5.77. The highest BCUT2D eigenvalue weighted by Gasteiger charge is 2.21. The van der Waals surface area contributed by atoms with Crippen LogP contribution in [-0.2, 0) is 10.0 Å². The zero-order valence-corrected chi connectivity index (χ0v) is 15.2. The number of carbonyl (C=O) groups is 1. The van der Waals surface area contributed by atoms with Gasteiger partial charge in [0, 0.05) is 5.56 Å². The van der Waals surface area contributed by atoms with E-state index < -0.39 is 10.0 Å². The van der Waals surface area contributed by atoms with Crippen LogP contribution in [-0.4, -0.2) is 21.4 Å². The predicted molar refractivity (Wildman–Crippen MR) is 91.5 cm³/mol. The van der Waals surface area contributed by atoms with E-state index in [1.807, 2.05) is 19.9 Å². The SMILES string of the molecule is CNS(=O)(=O)c1cc(C(=O)N[C@@H](C)c2ccc(C)o2)cc(C)c1C. The zero-order chi connectivity index (χ0) is 18.1. The highest BCUT2D eigenvalue weighted by Crippen LogP contribution is 2.22. The number of hydrogen-bond donors (Lipinski definition) is 2. The van der Waals surface area contributed by atoms with Crippen LogP contribution in [0.5, 0.6) is 0 Å². The van der Waals surface area contributed by atoms with E-state index in [4.69, 9.17) is 4.42 Å². The second-order valence-corrected chi connectivity index (χ2v) is 7.62. The van der Waals surface area contributed by atoms with Crippen LogP contribution in [0, 0.1) is 20.8 Å². The van der Waals surface area contributed by atoms with Crippen LogP contribution in [0.3, 0.4) is 0 Å². The van der Waals surface area contributed by atoms with Crippen LogP contribution < -0.4 is 10.0 Å². The zero-order valence-electron chi connectivity index (χ0n) is 14.4. The van der Waals surface area contributed by atoms with Gasteiger partial charge in [-0.05, 0) is 70.1 Å². The van der Waals surface area contributed by atoms with Gasteiger partial charge in [-0.25, -0.2) is 13.1 Å². The summed E-state index contributed by atoms with van der Waals surface area (Å²) in [5.41, 5.74) is 1.65. The molecule has 1 atom stereocenters. The second kappa shape index (κ2) is 6.78. The standard InChI is InChI=1S/C17H22N2O4S/c1-10-8-14(9-16(12(10)3)24(21,22)18-5)17(20)19-13(4)15-7-6-11(2)23-15/h6-9,13,18H,1-5H3,(H,19,20)/t13-/m0/s1. The van der Waals surface area contributed by atoms with E-state index in [-0.39, 0.29) is 16.8 Å². The quantitative estimate of drug-likeness (QED) is 0.867. The largest absolute Gasteiger partial charge is 0.464 e. The molecule has 2 rings (SSSR count). The summed E-state index contributed by atoms with van der Waals surface area (Å²) in [5, 5.41) is 2.82. The van der Waals surface area contributed by atoms with Gasteiger partial charge in [0.2, 0.25) is 10.0 Å². The van der Waals surface area contributed by atoms with E-state index in [0.717, 1.165) is 11.3 Å². The van der Waals surface area contributed by atoms with Crippen LogP contribution in [0.1, 0.15) is 46.0 Å². The number of amides is 1.